The summed E-state index contributed by atoms with van der Waals surface area (Å²) in [5, 5.41) is 10.2. The highest BCUT2D eigenvalue weighted by Gasteiger charge is 2.24. The molecule has 6 heteroatoms. The number of aromatic nitrogens is 4. The van der Waals surface area contributed by atoms with E-state index in [2.05, 4.69) is 43.7 Å². The highest BCUT2D eigenvalue weighted by Crippen LogP contribution is 2.25. The number of carbonyl (C=O) groups is 1. The van der Waals surface area contributed by atoms with Gasteiger partial charge in [0.1, 0.15) is 5.82 Å². The van der Waals surface area contributed by atoms with Crippen LogP contribution in [-0.2, 0) is 24.1 Å². The molecule has 3 aromatic rings. The fraction of sp³-hybridized carbons (Fsp3) is 0.300. The molecule has 0 saturated heterocycles. The van der Waals surface area contributed by atoms with Crippen LogP contribution in [0.2, 0.25) is 0 Å². The number of pyridine rings is 1. The first-order valence-corrected chi connectivity index (χ1v) is 8.96. The molecule has 1 atom stereocenters. The summed E-state index contributed by atoms with van der Waals surface area (Å²) in [7, 11) is 0. The van der Waals surface area contributed by atoms with Gasteiger partial charge in [-0.3, -0.25) is 14.9 Å². The Kier molecular flexibility index (Phi) is 4.73. The lowest BCUT2D eigenvalue weighted by molar-refractivity contribution is -0.125. The molecule has 0 bridgehead atoms. The lowest BCUT2D eigenvalue weighted by Crippen LogP contribution is -2.35. The Balaban J connectivity index is 1.29. The highest BCUT2D eigenvalue weighted by atomic mass is 16.1. The number of amides is 1. The number of nitrogens with zero attached hydrogens (tertiary/aromatic N) is 3. The standard InChI is InChI=1S/C20H21N5O/c26-20(16-8-7-14-4-1-2-5-15(14)12-16)22-11-9-18-23-19(25-24-18)17-6-3-10-21-13-17/h1-6,10,13,16H,7-9,11-12H2,(H,22,26)(H,23,24,25)/t16-/m0/s1. The van der Waals surface area contributed by atoms with Crippen molar-refractivity contribution >= 4 is 5.91 Å². The van der Waals surface area contributed by atoms with Crippen LogP contribution in [0.5, 0.6) is 0 Å². The van der Waals surface area contributed by atoms with Crippen molar-refractivity contribution in [2.24, 2.45) is 5.92 Å². The number of aryl methyl sites for hydroxylation is 1. The average molecular weight is 347 g/mol. The third-order valence-electron chi connectivity index (χ3n) is 4.83. The van der Waals surface area contributed by atoms with Crippen LogP contribution in [0.25, 0.3) is 11.4 Å². The van der Waals surface area contributed by atoms with E-state index in [0.29, 0.717) is 18.8 Å². The van der Waals surface area contributed by atoms with Crippen molar-refractivity contribution in [2.45, 2.75) is 25.7 Å². The molecule has 1 amide bonds. The molecule has 0 unspecified atom stereocenters. The molecular weight excluding hydrogens is 326 g/mol. The second-order valence-corrected chi connectivity index (χ2v) is 6.60. The maximum absolute atomic E-state index is 12.5. The third kappa shape index (κ3) is 3.64. The van der Waals surface area contributed by atoms with Gasteiger partial charge in [-0.1, -0.05) is 24.3 Å². The van der Waals surface area contributed by atoms with Gasteiger partial charge < -0.3 is 5.32 Å². The minimum Gasteiger partial charge on any atom is -0.355 e. The molecule has 2 heterocycles. The molecular formula is C20H21N5O. The Labute approximate surface area is 152 Å². The number of H-pyrrole nitrogens is 1. The van der Waals surface area contributed by atoms with Gasteiger partial charge in [-0.05, 0) is 42.5 Å². The molecule has 4 rings (SSSR count). The predicted molar refractivity (Wildman–Crippen MR) is 98.3 cm³/mol. The average Bonchev–Trinajstić information content (AvgIpc) is 3.17. The quantitative estimate of drug-likeness (QED) is 0.742. The van der Waals surface area contributed by atoms with Gasteiger partial charge in [0.25, 0.3) is 0 Å². The number of rotatable bonds is 5. The fourth-order valence-electron chi connectivity index (χ4n) is 3.40. The highest BCUT2D eigenvalue weighted by molar-refractivity contribution is 5.79. The molecule has 1 aliphatic carbocycles. The van der Waals surface area contributed by atoms with E-state index in [1.165, 1.54) is 11.1 Å². The number of carbonyl (C=O) groups excluding carboxylic acids is 1. The van der Waals surface area contributed by atoms with Crippen molar-refractivity contribution in [1.29, 1.82) is 0 Å². The number of aromatic amines is 1. The Morgan fingerprint density at radius 1 is 1.19 bits per heavy atom. The molecule has 0 fully saturated rings. The van der Waals surface area contributed by atoms with Crippen LogP contribution >= 0.6 is 0 Å². The zero-order valence-corrected chi connectivity index (χ0v) is 14.5. The number of hydrogen-bond acceptors (Lipinski definition) is 4. The van der Waals surface area contributed by atoms with Crippen LogP contribution < -0.4 is 5.32 Å². The first-order valence-electron chi connectivity index (χ1n) is 8.96. The topological polar surface area (TPSA) is 83.6 Å². The van der Waals surface area contributed by atoms with Gasteiger partial charge in [-0.25, -0.2) is 4.98 Å². The predicted octanol–water partition coefficient (Wildman–Crippen LogP) is 2.33. The monoisotopic (exact) mass is 347 g/mol. The van der Waals surface area contributed by atoms with Crippen LogP contribution in [0.15, 0.2) is 48.8 Å². The second-order valence-electron chi connectivity index (χ2n) is 6.60. The lowest BCUT2D eigenvalue weighted by atomic mass is 9.83. The summed E-state index contributed by atoms with van der Waals surface area (Å²) in [5.74, 6) is 1.58. The van der Waals surface area contributed by atoms with Gasteiger partial charge in [0.05, 0.1) is 0 Å². The maximum Gasteiger partial charge on any atom is 0.223 e. The van der Waals surface area contributed by atoms with Crippen LogP contribution in [0.3, 0.4) is 0 Å². The molecule has 132 valence electrons. The van der Waals surface area contributed by atoms with Crippen molar-refractivity contribution in [3.8, 4) is 11.4 Å². The normalized spacial score (nSPS) is 16.1. The number of nitrogens with one attached hydrogen (secondary N) is 2. The zero-order chi connectivity index (χ0) is 17.8. The van der Waals surface area contributed by atoms with E-state index < -0.39 is 0 Å². The van der Waals surface area contributed by atoms with Crippen molar-refractivity contribution in [3.63, 3.8) is 0 Å². The molecule has 6 nitrogen and oxygen atoms in total. The largest absolute Gasteiger partial charge is 0.355 e. The first-order chi connectivity index (χ1) is 12.8. The van der Waals surface area contributed by atoms with Gasteiger partial charge in [0, 0.05) is 36.8 Å². The molecule has 0 radical (unpaired) electrons. The van der Waals surface area contributed by atoms with Gasteiger partial charge in [-0.15, -0.1) is 0 Å². The Bertz CT molecular complexity index is 890. The number of benzene rings is 1. The summed E-state index contributed by atoms with van der Waals surface area (Å²) < 4.78 is 0. The fourth-order valence-corrected chi connectivity index (χ4v) is 3.40. The molecule has 0 saturated carbocycles. The smallest absolute Gasteiger partial charge is 0.223 e. The van der Waals surface area contributed by atoms with Crippen molar-refractivity contribution in [3.05, 3.63) is 65.7 Å². The van der Waals surface area contributed by atoms with E-state index in [1.807, 2.05) is 18.2 Å². The Hall–Kier alpha value is -3.02. The van der Waals surface area contributed by atoms with Crippen LogP contribution in [0.1, 0.15) is 23.4 Å². The maximum atomic E-state index is 12.5. The van der Waals surface area contributed by atoms with Crippen LogP contribution in [0.4, 0.5) is 0 Å². The van der Waals surface area contributed by atoms with E-state index in [4.69, 9.17) is 0 Å². The molecule has 1 aromatic carbocycles. The van der Waals surface area contributed by atoms with E-state index in [1.54, 1.807) is 12.4 Å². The summed E-state index contributed by atoms with van der Waals surface area (Å²) in [4.78, 5) is 21.0. The van der Waals surface area contributed by atoms with Gasteiger partial charge in [0.15, 0.2) is 5.82 Å². The SMILES string of the molecule is O=C(NCCc1nc(-c2cccnc2)n[nH]1)[C@H]1CCc2ccccc2C1. The molecule has 1 aliphatic rings. The third-order valence-corrected chi connectivity index (χ3v) is 4.83. The van der Waals surface area contributed by atoms with E-state index >= 15 is 0 Å². The molecule has 26 heavy (non-hydrogen) atoms. The second kappa shape index (κ2) is 7.47. The van der Waals surface area contributed by atoms with E-state index in [9.17, 15) is 4.79 Å². The van der Waals surface area contributed by atoms with Crippen molar-refractivity contribution in [2.75, 3.05) is 6.54 Å². The van der Waals surface area contributed by atoms with E-state index in [0.717, 1.165) is 30.7 Å². The Morgan fingerprint density at radius 2 is 2.08 bits per heavy atom. The van der Waals surface area contributed by atoms with Crippen molar-refractivity contribution < 1.29 is 4.79 Å². The minimum atomic E-state index is 0.0607. The summed E-state index contributed by atoms with van der Waals surface area (Å²) >= 11 is 0. The van der Waals surface area contributed by atoms with Gasteiger partial charge in [0.2, 0.25) is 5.91 Å². The number of hydrogen-bond donors (Lipinski definition) is 2. The molecule has 2 N–H and O–H groups in total. The zero-order valence-electron chi connectivity index (χ0n) is 14.5. The summed E-state index contributed by atoms with van der Waals surface area (Å²) in [6.45, 7) is 0.554. The minimum absolute atomic E-state index is 0.0607. The first kappa shape index (κ1) is 16.4. The van der Waals surface area contributed by atoms with Crippen LogP contribution in [-0.4, -0.2) is 32.6 Å². The number of fused-ring (bicyclic) bond motifs is 1. The lowest BCUT2D eigenvalue weighted by Gasteiger charge is -2.23. The molecule has 2 aromatic heterocycles. The van der Waals surface area contributed by atoms with Crippen molar-refractivity contribution in [1.82, 2.24) is 25.5 Å². The van der Waals surface area contributed by atoms with Gasteiger partial charge >= 0.3 is 0 Å². The van der Waals surface area contributed by atoms with Gasteiger partial charge in [-0.2, -0.15) is 5.10 Å². The Morgan fingerprint density at radius 3 is 2.92 bits per heavy atom. The summed E-state index contributed by atoms with van der Waals surface area (Å²) in [6, 6.07) is 12.2. The molecule has 0 aliphatic heterocycles. The summed E-state index contributed by atoms with van der Waals surface area (Å²) in [6.07, 6.45) is 6.80. The van der Waals surface area contributed by atoms with Crippen LogP contribution in [0, 0.1) is 5.92 Å². The summed E-state index contributed by atoms with van der Waals surface area (Å²) in [5.41, 5.74) is 3.55. The van der Waals surface area contributed by atoms with E-state index in [-0.39, 0.29) is 11.8 Å². The molecule has 0 spiro atoms.